The van der Waals surface area contributed by atoms with Crippen LogP contribution in [0.5, 0.6) is 0 Å². The maximum atomic E-state index is 6.76. The molecule has 1 aliphatic rings. The van der Waals surface area contributed by atoms with Gasteiger partial charge in [-0.2, -0.15) is 0 Å². The SMILES string of the molecule is c1ccc(-c2ccc(N(c3ccc4oc5ccccc5c4c3)c3cccc4oc5ccc(C6(c7ccccc7)c7ccccc7-c7ccccc76)cc5c34)cc2)cc1. The van der Waals surface area contributed by atoms with Crippen LogP contribution in [-0.2, 0) is 5.41 Å². The van der Waals surface area contributed by atoms with Gasteiger partial charge in [-0.05, 0) is 105 Å². The number of anilines is 3. The van der Waals surface area contributed by atoms with Crippen molar-refractivity contribution in [2.24, 2.45) is 0 Å². The van der Waals surface area contributed by atoms with E-state index in [-0.39, 0.29) is 0 Å². The quantitative estimate of drug-likeness (QED) is 0.170. The molecule has 0 atom stereocenters. The van der Waals surface area contributed by atoms with Crippen molar-refractivity contribution in [3.8, 4) is 22.3 Å². The molecule has 1 aliphatic carbocycles. The highest BCUT2D eigenvalue weighted by Crippen LogP contribution is 2.57. The van der Waals surface area contributed by atoms with E-state index in [4.69, 9.17) is 8.83 Å². The maximum Gasteiger partial charge on any atom is 0.137 e. The van der Waals surface area contributed by atoms with E-state index in [9.17, 15) is 0 Å². The molecule has 0 saturated heterocycles. The predicted molar refractivity (Wildman–Crippen MR) is 238 cm³/mol. The zero-order valence-corrected chi connectivity index (χ0v) is 31.5. The third-order valence-corrected chi connectivity index (χ3v) is 12.2. The summed E-state index contributed by atoms with van der Waals surface area (Å²) in [7, 11) is 0. The molecule has 3 heteroatoms. The van der Waals surface area contributed by atoms with Crippen LogP contribution in [0.4, 0.5) is 17.1 Å². The van der Waals surface area contributed by atoms with E-state index in [0.29, 0.717) is 0 Å². The van der Waals surface area contributed by atoms with Crippen molar-refractivity contribution >= 4 is 60.9 Å². The minimum absolute atomic E-state index is 0.526. The first kappa shape index (κ1) is 32.6. The fraction of sp³-hybridized carbons (Fsp3) is 0.0182. The van der Waals surface area contributed by atoms with E-state index >= 15 is 0 Å². The normalized spacial score (nSPS) is 13.0. The molecule has 2 heterocycles. The lowest BCUT2D eigenvalue weighted by Crippen LogP contribution is -2.28. The number of fused-ring (bicyclic) bond motifs is 9. The molecule has 2 aromatic heterocycles. The lowest BCUT2D eigenvalue weighted by atomic mass is 9.67. The number of benzene rings is 9. The number of nitrogens with zero attached hydrogens (tertiary/aromatic N) is 1. The van der Waals surface area contributed by atoms with Gasteiger partial charge in [0, 0.05) is 27.5 Å². The molecule has 272 valence electrons. The lowest BCUT2D eigenvalue weighted by molar-refractivity contribution is 0.668. The summed E-state index contributed by atoms with van der Waals surface area (Å²) in [6, 6.07) is 76.3. The number of hydrogen-bond donors (Lipinski definition) is 0. The standard InChI is InChI=1S/C55H35NO2/c1-3-14-36(15-4-1)37-26-29-40(30-27-37)56(41-31-33-51-45(35-41)44-20-9-12-24-50(44)57-51)49-23-13-25-53-54(49)46-34-39(28-32-52(46)58-53)55(38-16-5-2-6-17-38)47-21-10-7-18-42(47)43-19-8-11-22-48(43)55/h1-35H. The van der Waals surface area contributed by atoms with Crippen LogP contribution in [-0.4, -0.2) is 0 Å². The first-order valence-electron chi connectivity index (χ1n) is 19.8. The largest absolute Gasteiger partial charge is 0.456 e. The van der Waals surface area contributed by atoms with E-state index in [0.717, 1.165) is 60.9 Å². The van der Waals surface area contributed by atoms with Crippen LogP contribution in [0.1, 0.15) is 22.3 Å². The van der Waals surface area contributed by atoms with Gasteiger partial charge in [-0.15, -0.1) is 0 Å². The third kappa shape index (κ3) is 4.74. The van der Waals surface area contributed by atoms with Crippen LogP contribution >= 0.6 is 0 Å². The average Bonchev–Trinajstić information content (AvgIpc) is 3.96. The van der Waals surface area contributed by atoms with Crippen molar-refractivity contribution in [1.82, 2.24) is 0 Å². The Labute approximate surface area is 335 Å². The molecule has 0 N–H and O–H groups in total. The third-order valence-electron chi connectivity index (χ3n) is 12.2. The molecule has 3 nitrogen and oxygen atoms in total. The second-order valence-corrected chi connectivity index (χ2v) is 15.2. The summed E-state index contributed by atoms with van der Waals surface area (Å²) in [5.41, 5.74) is 15.9. The molecule has 0 fully saturated rings. The van der Waals surface area contributed by atoms with Crippen LogP contribution in [0, 0.1) is 0 Å². The van der Waals surface area contributed by atoms with E-state index in [1.807, 2.05) is 12.1 Å². The van der Waals surface area contributed by atoms with Gasteiger partial charge in [0.15, 0.2) is 0 Å². The molecule has 0 saturated carbocycles. The Balaban J connectivity index is 1.12. The zero-order chi connectivity index (χ0) is 38.2. The second-order valence-electron chi connectivity index (χ2n) is 15.2. The summed E-state index contributed by atoms with van der Waals surface area (Å²) in [5, 5.41) is 4.31. The van der Waals surface area contributed by atoms with Gasteiger partial charge in [0.2, 0.25) is 0 Å². The highest BCUT2D eigenvalue weighted by atomic mass is 16.3. The number of furan rings is 2. The van der Waals surface area contributed by atoms with E-state index in [1.54, 1.807) is 0 Å². The van der Waals surface area contributed by atoms with E-state index < -0.39 is 5.41 Å². The molecule has 0 bridgehead atoms. The molecule has 0 radical (unpaired) electrons. The molecule has 0 aliphatic heterocycles. The van der Waals surface area contributed by atoms with Crippen LogP contribution < -0.4 is 4.90 Å². The van der Waals surface area contributed by atoms with Gasteiger partial charge < -0.3 is 13.7 Å². The Hall–Kier alpha value is -7.62. The average molecular weight is 742 g/mol. The summed E-state index contributed by atoms with van der Waals surface area (Å²) in [4.78, 5) is 2.37. The number of para-hydroxylation sites is 1. The van der Waals surface area contributed by atoms with Crippen molar-refractivity contribution in [3.63, 3.8) is 0 Å². The van der Waals surface area contributed by atoms with Gasteiger partial charge in [-0.1, -0.05) is 152 Å². The summed E-state index contributed by atoms with van der Waals surface area (Å²) in [6.07, 6.45) is 0. The first-order valence-corrected chi connectivity index (χ1v) is 19.8. The van der Waals surface area contributed by atoms with Crippen LogP contribution in [0.25, 0.3) is 66.1 Å². The number of rotatable bonds is 6. The molecule has 12 rings (SSSR count). The Morgan fingerprint density at radius 1 is 0.345 bits per heavy atom. The fourth-order valence-electron chi connectivity index (χ4n) is 9.65. The Kier molecular flexibility index (Phi) is 7.14. The highest BCUT2D eigenvalue weighted by molar-refractivity contribution is 6.14. The minimum Gasteiger partial charge on any atom is -0.456 e. The Morgan fingerprint density at radius 3 is 1.69 bits per heavy atom. The van der Waals surface area contributed by atoms with Gasteiger partial charge in [0.1, 0.15) is 22.3 Å². The van der Waals surface area contributed by atoms with Gasteiger partial charge >= 0.3 is 0 Å². The molecule has 0 spiro atoms. The van der Waals surface area contributed by atoms with Gasteiger partial charge in [-0.25, -0.2) is 0 Å². The Bertz CT molecular complexity index is 3290. The van der Waals surface area contributed by atoms with Crippen molar-refractivity contribution < 1.29 is 8.83 Å². The van der Waals surface area contributed by atoms with Gasteiger partial charge in [-0.3, -0.25) is 0 Å². The smallest absolute Gasteiger partial charge is 0.137 e. The minimum atomic E-state index is -0.526. The van der Waals surface area contributed by atoms with Gasteiger partial charge in [0.25, 0.3) is 0 Å². The molecule has 0 amide bonds. The van der Waals surface area contributed by atoms with Crippen molar-refractivity contribution in [2.75, 3.05) is 4.90 Å². The topological polar surface area (TPSA) is 29.5 Å². The molecular formula is C55H35NO2. The van der Waals surface area contributed by atoms with Crippen molar-refractivity contribution in [3.05, 3.63) is 235 Å². The number of hydrogen-bond acceptors (Lipinski definition) is 3. The fourth-order valence-corrected chi connectivity index (χ4v) is 9.65. The van der Waals surface area contributed by atoms with E-state index in [2.05, 4.69) is 205 Å². The second kappa shape index (κ2) is 12.7. The molecule has 9 aromatic carbocycles. The summed E-state index contributed by atoms with van der Waals surface area (Å²) in [6.45, 7) is 0. The van der Waals surface area contributed by atoms with Crippen LogP contribution in [0.2, 0.25) is 0 Å². The summed E-state index contributed by atoms with van der Waals surface area (Å²) >= 11 is 0. The monoisotopic (exact) mass is 741 g/mol. The molecular weight excluding hydrogens is 707 g/mol. The van der Waals surface area contributed by atoms with E-state index in [1.165, 1.54) is 44.5 Å². The van der Waals surface area contributed by atoms with Crippen LogP contribution in [0.15, 0.2) is 221 Å². The maximum absolute atomic E-state index is 6.76. The highest BCUT2D eigenvalue weighted by Gasteiger charge is 2.46. The van der Waals surface area contributed by atoms with Crippen LogP contribution in [0.3, 0.4) is 0 Å². The molecule has 11 aromatic rings. The molecule has 58 heavy (non-hydrogen) atoms. The zero-order valence-electron chi connectivity index (χ0n) is 31.5. The van der Waals surface area contributed by atoms with Gasteiger partial charge in [0.05, 0.1) is 16.5 Å². The Morgan fingerprint density at radius 2 is 0.914 bits per heavy atom. The summed E-state index contributed by atoms with van der Waals surface area (Å²) < 4.78 is 13.1. The lowest BCUT2D eigenvalue weighted by Gasteiger charge is -2.34. The van der Waals surface area contributed by atoms with Crippen molar-refractivity contribution in [1.29, 1.82) is 0 Å². The van der Waals surface area contributed by atoms with Crippen molar-refractivity contribution in [2.45, 2.75) is 5.41 Å². The first-order chi connectivity index (χ1) is 28.8. The summed E-state index contributed by atoms with van der Waals surface area (Å²) in [5.74, 6) is 0. The molecule has 0 unspecified atom stereocenters. The predicted octanol–water partition coefficient (Wildman–Crippen LogP) is 15.0.